The summed E-state index contributed by atoms with van der Waals surface area (Å²) >= 11 is 1.25. The molecule has 1 N–H and O–H groups in total. The second-order valence-electron chi connectivity index (χ2n) is 5.93. The normalized spacial score (nSPS) is 10.6. The molecule has 1 aromatic carbocycles. The molecule has 0 radical (unpaired) electrons. The fourth-order valence-electron chi connectivity index (χ4n) is 2.77. The van der Waals surface area contributed by atoms with Crippen molar-refractivity contribution in [3.63, 3.8) is 0 Å². The fourth-order valence-corrected chi connectivity index (χ4v) is 3.62. The van der Waals surface area contributed by atoms with Crippen molar-refractivity contribution in [2.75, 3.05) is 16.8 Å². The highest BCUT2D eigenvalue weighted by Crippen LogP contribution is 2.28. The summed E-state index contributed by atoms with van der Waals surface area (Å²) in [5.41, 5.74) is 3.12. The topological polar surface area (TPSA) is 62.6 Å². The van der Waals surface area contributed by atoms with Crippen LogP contribution in [0.2, 0.25) is 0 Å². The molecule has 3 aromatic rings. The van der Waals surface area contributed by atoms with E-state index in [4.69, 9.17) is 4.42 Å². The molecule has 3 rings (SSSR count). The minimum Gasteiger partial charge on any atom is -0.459 e. The van der Waals surface area contributed by atoms with Gasteiger partial charge in [-0.05, 0) is 56.7 Å². The second kappa shape index (κ2) is 7.58. The molecule has 134 valence electrons. The van der Waals surface area contributed by atoms with E-state index in [9.17, 15) is 9.59 Å². The van der Waals surface area contributed by atoms with E-state index in [1.165, 1.54) is 17.6 Å². The van der Waals surface area contributed by atoms with Gasteiger partial charge >= 0.3 is 0 Å². The van der Waals surface area contributed by atoms with Crippen LogP contribution >= 0.6 is 11.3 Å². The Bertz CT molecular complexity index is 928. The molecule has 5 nitrogen and oxygen atoms in total. The molecular weight excluding hydrogens is 348 g/mol. The van der Waals surface area contributed by atoms with Crippen LogP contribution in [0.25, 0.3) is 0 Å². The van der Waals surface area contributed by atoms with Crippen LogP contribution in [-0.2, 0) is 0 Å². The predicted molar refractivity (Wildman–Crippen MR) is 104 cm³/mol. The Hall–Kier alpha value is -2.86. The van der Waals surface area contributed by atoms with Crippen molar-refractivity contribution in [3.8, 4) is 0 Å². The summed E-state index contributed by atoms with van der Waals surface area (Å²) < 4.78 is 5.08. The van der Waals surface area contributed by atoms with Gasteiger partial charge in [-0.1, -0.05) is 17.7 Å². The monoisotopic (exact) mass is 368 g/mol. The van der Waals surface area contributed by atoms with Crippen LogP contribution in [0.4, 0.5) is 10.7 Å². The molecule has 2 aromatic heterocycles. The first-order chi connectivity index (χ1) is 12.5. The van der Waals surface area contributed by atoms with Gasteiger partial charge in [0.25, 0.3) is 11.8 Å². The zero-order valence-corrected chi connectivity index (χ0v) is 15.7. The standard InChI is InChI=1S/C20H20N2O3S/c1-4-22(15-8-7-13(2)12-14(15)3)20(24)17-9-10-18(26-17)21-19(23)16-6-5-11-25-16/h5-12H,4H2,1-3H3,(H,21,23). The average Bonchev–Trinajstić information content (AvgIpc) is 3.28. The fraction of sp³-hybridized carbons (Fsp3) is 0.200. The maximum atomic E-state index is 12.9. The van der Waals surface area contributed by atoms with Gasteiger partial charge in [0.2, 0.25) is 0 Å². The van der Waals surface area contributed by atoms with Gasteiger partial charge in [0.15, 0.2) is 5.76 Å². The van der Waals surface area contributed by atoms with Crippen LogP contribution < -0.4 is 10.2 Å². The van der Waals surface area contributed by atoms with Crippen molar-refractivity contribution < 1.29 is 14.0 Å². The van der Waals surface area contributed by atoms with E-state index < -0.39 is 0 Å². The number of aryl methyl sites for hydroxylation is 2. The number of furan rings is 1. The smallest absolute Gasteiger partial charge is 0.291 e. The van der Waals surface area contributed by atoms with Gasteiger partial charge < -0.3 is 14.6 Å². The lowest BCUT2D eigenvalue weighted by atomic mass is 10.1. The number of hydrogen-bond donors (Lipinski definition) is 1. The number of anilines is 2. The highest BCUT2D eigenvalue weighted by atomic mass is 32.1. The van der Waals surface area contributed by atoms with E-state index >= 15 is 0 Å². The maximum Gasteiger partial charge on any atom is 0.291 e. The van der Waals surface area contributed by atoms with Gasteiger partial charge in [-0.25, -0.2) is 0 Å². The number of hydrogen-bond acceptors (Lipinski definition) is 4. The van der Waals surface area contributed by atoms with Crippen molar-refractivity contribution in [1.29, 1.82) is 0 Å². The molecule has 0 aliphatic carbocycles. The number of rotatable bonds is 5. The highest BCUT2D eigenvalue weighted by molar-refractivity contribution is 7.18. The molecule has 2 amide bonds. The Kier molecular flexibility index (Phi) is 5.23. The number of carbonyl (C=O) groups excluding carboxylic acids is 2. The first-order valence-electron chi connectivity index (χ1n) is 8.33. The molecule has 0 atom stereocenters. The molecule has 0 unspecified atom stereocenters. The molecule has 2 heterocycles. The molecule has 0 spiro atoms. The van der Waals surface area contributed by atoms with Gasteiger partial charge in [0, 0.05) is 12.2 Å². The van der Waals surface area contributed by atoms with Crippen LogP contribution in [0.3, 0.4) is 0 Å². The molecule has 0 saturated heterocycles. The lowest BCUT2D eigenvalue weighted by molar-refractivity contribution is 0.0986. The molecule has 0 aliphatic heterocycles. The van der Waals surface area contributed by atoms with Crippen molar-refractivity contribution >= 4 is 33.8 Å². The van der Waals surface area contributed by atoms with Crippen LogP contribution in [0.5, 0.6) is 0 Å². The van der Waals surface area contributed by atoms with Crippen LogP contribution in [0.15, 0.2) is 53.1 Å². The number of thiophene rings is 1. The molecule has 6 heteroatoms. The second-order valence-corrected chi connectivity index (χ2v) is 7.02. The quantitative estimate of drug-likeness (QED) is 0.698. The third-order valence-corrected chi connectivity index (χ3v) is 4.99. The van der Waals surface area contributed by atoms with E-state index in [1.54, 1.807) is 29.2 Å². The maximum absolute atomic E-state index is 12.9. The molecule has 0 saturated carbocycles. The van der Waals surface area contributed by atoms with E-state index in [-0.39, 0.29) is 17.6 Å². The predicted octanol–water partition coefficient (Wildman–Crippen LogP) is 4.88. The zero-order valence-electron chi connectivity index (χ0n) is 14.9. The first-order valence-corrected chi connectivity index (χ1v) is 9.15. The lowest BCUT2D eigenvalue weighted by Crippen LogP contribution is -2.30. The Morgan fingerprint density at radius 1 is 1.15 bits per heavy atom. The summed E-state index contributed by atoms with van der Waals surface area (Å²) in [6, 6.07) is 12.7. The number of nitrogens with zero attached hydrogens (tertiary/aromatic N) is 1. The van der Waals surface area contributed by atoms with Gasteiger partial charge in [0.05, 0.1) is 16.1 Å². The van der Waals surface area contributed by atoms with E-state index in [0.29, 0.717) is 16.4 Å². The van der Waals surface area contributed by atoms with Gasteiger partial charge in [-0.2, -0.15) is 0 Å². The number of nitrogens with one attached hydrogen (secondary N) is 1. The van der Waals surface area contributed by atoms with Crippen molar-refractivity contribution in [1.82, 2.24) is 0 Å². The summed E-state index contributed by atoms with van der Waals surface area (Å²) in [7, 11) is 0. The highest BCUT2D eigenvalue weighted by Gasteiger charge is 2.20. The third-order valence-electron chi connectivity index (χ3n) is 4.00. The van der Waals surface area contributed by atoms with Crippen LogP contribution in [-0.4, -0.2) is 18.4 Å². The van der Waals surface area contributed by atoms with Crippen LogP contribution in [0.1, 0.15) is 38.3 Å². The van der Waals surface area contributed by atoms with Gasteiger partial charge in [-0.3, -0.25) is 9.59 Å². The Morgan fingerprint density at radius 2 is 1.96 bits per heavy atom. The average molecular weight is 368 g/mol. The molecule has 26 heavy (non-hydrogen) atoms. The Balaban J connectivity index is 1.79. The zero-order chi connectivity index (χ0) is 18.7. The Labute approximate surface area is 156 Å². The number of carbonyl (C=O) groups is 2. The summed E-state index contributed by atoms with van der Waals surface area (Å²) in [5, 5.41) is 3.35. The van der Waals surface area contributed by atoms with Crippen molar-refractivity contribution in [2.45, 2.75) is 20.8 Å². The van der Waals surface area contributed by atoms with Crippen molar-refractivity contribution in [2.24, 2.45) is 0 Å². The summed E-state index contributed by atoms with van der Waals surface area (Å²) in [6.45, 7) is 6.54. The van der Waals surface area contributed by atoms with E-state index in [1.807, 2.05) is 32.9 Å². The number of amides is 2. The number of benzene rings is 1. The molecule has 0 fully saturated rings. The minimum atomic E-state index is -0.336. The SMILES string of the molecule is CCN(C(=O)c1ccc(NC(=O)c2ccco2)s1)c1ccc(C)cc1C. The van der Waals surface area contributed by atoms with Crippen LogP contribution in [0, 0.1) is 13.8 Å². The molecular formula is C20H20N2O3S. The molecule has 0 aliphatic rings. The summed E-state index contributed by atoms with van der Waals surface area (Å²) in [5.74, 6) is -0.183. The largest absolute Gasteiger partial charge is 0.459 e. The lowest BCUT2D eigenvalue weighted by Gasteiger charge is -2.22. The van der Waals surface area contributed by atoms with E-state index in [2.05, 4.69) is 11.4 Å². The third kappa shape index (κ3) is 3.70. The van der Waals surface area contributed by atoms with Gasteiger partial charge in [-0.15, -0.1) is 11.3 Å². The van der Waals surface area contributed by atoms with Crippen molar-refractivity contribution in [3.05, 3.63) is 70.5 Å². The summed E-state index contributed by atoms with van der Waals surface area (Å²) in [4.78, 5) is 27.3. The molecule has 0 bridgehead atoms. The first kappa shape index (κ1) is 17.9. The summed E-state index contributed by atoms with van der Waals surface area (Å²) in [6.07, 6.45) is 1.45. The van der Waals surface area contributed by atoms with E-state index in [0.717, 1.165) is 16.8 Å². The minimum absolute atomic E-state index is 0.0806. The van der Waals surface area contributed by atoms with Gasteiger partial charge in [0.1, 0.15) is 0 Å². The Morgan fingerprint density at radius 3 is 2.62 bits per heavy atom.